The molecule has 4 aromatic carbocycles. The number of fused-ring (bicyclic) bond motifs is 1. The zero-order valence-corrected chi connectivity index (χ0v) is 24.8. The smallest absolute Gasteiger partial charge is 0.160 e. The van der Waals surface area contributed by atoms with Crippen molar-refractivity contribution in [3.63, 3.8) is 0 Å². The molecule has 8 rings (SSSR count). The molecule has 0 bridgehead atoms. The Morgan fingerprint density at radius 3 is 1.35 bits per heavy atom. The summed E-state index contributed by atoms with van der Waals surface area (Å²) in [7, 11) is 0. The summed E-state index contributed by atoms with van der Waals surface area (Å²) in [5.74, 6) is 0.665. The van der Waals surface area contributed by atoms with Gasteiger partial charge in [0.2, 0.25) is 0 Å². The van der Waals surface area contributed by atoms with Crippen molar-refractivity contribution < 1.29 is 0 Å². The van der Waals surface area contributed by atoms with Crippen LogP contribution in [0.2, 0.25) is 0 Å². The van der Waals surface area contributed by atoms with E-state index in [-0.39, 0.29) is 0 Å². The Balaban J connectivity index is 1.18. The lowest BCUT2D eigenvalue weighted by atomic mass is 10.0. The van der Waals surface area contributed by atoms with Gasteiger partial charge in [-0.25, -0.2) is 9.97 Å². The average molecular weight is 590 g/mol. The molecule has 0 fully saturated rings. The largest absolute Gasteiger partial charge is 0.256 e. The highest BCUT2D eigenvalue weighted by Gasteiger charge is 2.12. The molecule has 0 aliphatic carbocycles. The van der Waals surface area contributed by atoms with E-state index in [0.29, 0.717) is 5.82 Å². The molecule has 4 heterocycles. The summed E-state index contributed by atoms with van der Waals surface area (Å²) in [5.41, 5.74) is 11.8. The van der Waals surface area contributed by atoms with Gasteiger partial charge in [-0.1, -0.05) is 103 Å². The number of hydrogen-bond donors (Lipinski definition) is 0. The minimum atomic E-state index is 0.665. The first kappa shape index (κ1) is 27.2. The van der Waals surface area contributed by atoms with E-state index < -0.39 is 0 Å². The summed E-state index contributed by atoms with van der Waals surface area (Å²) >= 11 is 0. The second-order valence-electron chi connectivity index (χ2n) is 11.0. The number of pyridine rings is 3. The molecule has 0 spiro atoms. The lowest BCUT2D eigenvalue weighted by Gasteiger charge is -2.11. The molecule has 46 heavy (non-hydrogen) atoms. The van der Waals surface area contributed by atoms with Gasteiger partial charge >= 0.3 is 0 Å². The summed E-state index contributed by atoms with van der Waals surface area (Å²) in [4.78, 5) is 23.8. The van der Waals surface area contributed by atoms with Gasteiger partial charge in [-0.05, 0) is 48.0 Å². The predicted octanol–water partition coefficient (Wildman–Crippen LogP) is 9.82. The molecule has 0 saturated heterocycles. The molecule has 5 heteroatoms. The van der Waals surface area contributed by atoms with Gasteiger partial charge in [0.15, 0.2) is 5.82 Å². The van der Waals surface area contributed by atoms with Crippen molar-refractivity contribution >= 4 is 10.9 Å². The Kier molecular flexibility index (Phi) is 7.09. The Morgan fingerprint density at radius 1 is 0.326 bits per heavy atom. The molecule has 0 amide bonds. The molecular formula is C41H27N5. The van der Waals surface area contributed by atoms with Crippen LogP contribution in [0.5, 0.6) is 0 Å². The van der Waals surface area contributed by atoms with Crippen molar-refractivity contribution in [2.75, 3.05) is 0 Å². The number of hydrogen-bond acceptors (Lipinski definition) is 5. The van der Waals surface area contributed by atoms with E-state index in [1.165, 1.54) is 0 Å². The first-order valence-corrected chi connectivity index (χ1v) is 15.2. The topological polar surface area (TPSA) is 64.5 Å². The van der Waals surface area contributed by atoms with Crippen LogP contribution in [0.15, 0.2) is 164 Å². The molecule has 0 N–H and O–H groups in total. The molecule has 5 nitrogen and oxygen atoms in total. The minimum Gasteiger partial charge on any atom is -0.256 e. The Morgan fingerprint density at radius 2 is 0.804 bits per heavy atom. The van der Waals surface area contributed by atoms with Crippen LogP contribution < -0.4 is 0 Å². The van der Waals surface area contributed by atoms with E-state index in [4.69, 9.17) is 9.97 Å². The number of para-hydroxylation sites is 1. The molecule has 0 atom stereocenters. The quantitative estimate of drug-likeness (QED) is 0.193. The van der Waals surface area contributed by atoms with Gasteiger partial charge < -0.3 is 0 Å². The number of benzene rings is 4. The number of nitrogens with zero attached hydrogens (tertiary/aromatic N) is 5. The molecule has 216 valence electrons. The second-order valence-corrected chi connectivity index (χ2v) is 11.0. The molecule has 0 saturated carbocycles. The van der Waals surface area contributed by atoms with Crippen molar-refractivity contribution in [1.29, 1.82) is 0 Å². The average Bonchev–Trinajstić information content (AvgIpc) is 3.15. The molecule has 0 radical (unpaired) electrons. The van der Waals surface area contributed by atoms with Gasteiger partial charge in [-0.15, -0.1) is 0 Å². The van der Waals surface area contributed by atoms with Gasteiger partial charge in [0.05, 0.1) is 28.3 Å². The molecule has 4 aromatic heterocycles. The Hall–Kier alpha value is -6.33. The summed E-state index contributed by atoms with van der Waals surface area (Å²) in [6, 6.07) is 49.4. The van der Waals surface area contributed by atoms with Crippen LogP contribution in [0, 0.1) is 0 Å². The van der Waals surface area contributed by atoms with Crippen LogP contribution in [-0.4, -0.2) is 24.9 Å². The van der Waals surface area contributed by atoms with Crippen molar-refractivity contribution in [3.05, 3.63) is 164 Å². The summed E-state index contributed by atoms with van der Waals surface area (Å²) < 4.78 is 0. The third-order valence-corrected chi connectivity index (χ3v) is 8.08. The van der Waals surface area contributed by atoms with Gasteiger partial charge in [0.1, 0.15) is 0 Å². The monoisotopic (exact) mass is 589 g/mol. The SMILES string of the molecule is c1ccc(-c2ccc(-c3cc(-c4ccc(-c5ccccn5)cc4)nc(-c4ccc(-c5cnc6ccccc6c5)cc4)n3)cc2)nc1. The van der Waals surface area contributed by atoms with E-state index in [2.05, 4.69) is 106 Å². The summed E-state index contributed by atoms with van der Waals surface area (Å²) in [6.07, 6.45) is 5.55. The van der Waals surface area contributed by atoms with E-state index in [9.17, 15) is 0 Å². The van der Waals surface area contributed by atoms with Crippen LogP contribution in [-0.2, 0) is 0 Å². The number of rotatable bonds is 6. The third kappa shape index (κ3) is 5.53. The minimum absolute atomic E-state index is 0.665. The van der Waals surface area contributed by atoms with Crippen LogP contribution >= 0.6 is 0 Å². The van der Waals surface area contributed by atoms with Crippen molar-refractivity contribution in [2.45, 2.75) is 0 Å². The van der Waals surface area contributed by atoms with Crippen molar-refractivity contribution in [3.8, 4) is 67.5 Å². The zero-order valence-electron chi connectivity index (χ0n) is 24.8. The van der Waals surface area contributed by atoms with E-state index in [1.807, 2.05) is 73.2 Å². The number of aromatic nitrogens is 5. The normalized spacial score (nSPS) is 11.0. The Labute approximate surface area is 267 Å². The highest BCUT2D eigenvalue weighted by atomic mass is 14.9. The predicted molar refractivity (Wildman–Crippen MR) is 186 cm³/mol. The van der Waals surface area contributed by atoms with Crippen molar-refractivity contribution in [2.24, 2.45) is 0 Å². The molecule has 0 aliphatic heterocycles. The zero-order chi connectivity index (χ0) is 30.7. The summed E-state index contributed by atoms with van der Waals surface area (Å²) in [5, 5.41) is 1.12. The van der Waals surface area contributed by atoms with Crippen LogP contribution in [0.4, 0.5) is 0 Å². The first-order chi connectivity index (χ1) is 22.8. The van der Waals surface area contributed by atoms with Crippen LogP contribution in [0.25, 0.3) is 78.4 Å². The van der Waals surface area contributed by atoms with Gasteiger partial charge in [0.25, 0.3) is 0 Å². The maximum Gasteiger partial charge on any atom is 0.160 e. The molecular weight excluding hydrogens is 562 g/mol. The van der Waals surface area contributed by atoms with E-state index in [0.717, 1.165) is 72.6 Å². The highest BCUT2D eigenvalue weighted by molar-refractivity contribution is 5.84. The maximum absolute atomic E-state index is 5.06. The fraction of sp³-hybridized carbons (Fsp3) is 0. The molecule has 8 aromatic rings. The maximum atomic E-state index is 5.06. The first-order valence-electron chi connectivity index (χ1n) is 15.2. The van der Waals surface area contributed by atoms with Gasteiger partial charge in [-0.2, -0.15) is 0 Å². The highest BCUT2D eigenvalue weighted by Crippen LogP contribution is 2.31. The Bertz CT molecular complexity index is 2160. The third-order valence-electron chi connectivity index (χ3n) is 8.08. The van der Waals surface area contributed by atoms with Gasteiger partial charge in [-0.3, -0.25) is 15.0 Å². The fourth-order valence-corrected chi connectivity index (χ4v) is 5.60. The second kappa shape index (κ2) is 12.0. The van der Waals surface area contributed by atoms with Crippen molar-refractivity contribution in [1.82, 2.24) is 24.9 Å². The lowest BCUT2D eigenvalue weighted by molar-refractivity contribution is 1.18. The van der Waals surface area contributed by atoms with E-state index >= 15 is 0 Å². The van der Waals surface area contributed by atoms with Crippen LogP contribution in [0.3, 0.4) is 0 Å². The standard InChI is InChI=1S/C41H27N5/c1-2-8-38-34(7-1)25-35(27-44-38)28-11-21-33(22-12-28)41-45-39(31-17-13-29(14-18-31)36-9-3-5-23-42-36)26-40(46-41)32-19-15-30(16-20-32)37-10-4-6-24-43-37/h1-27H. The summed E-state index contributed by atoms with van der Waals surface area (Å²) in [6.45, 7) is 0. The van der Waals surface area contributed by atoms with E-state index in [1.54, 1.807) is 0 Å². The van der Waals surface area contributed by atoms with Crippen LogP contribution in [0.1, 0.15) is 0 Å². The molecule has 0 aliphatic rings. The fourth-order valence-electron chi connectivity index (χ4n) is 5.60. The van der Waals surface area contributed by atoms with Gasteiger partial charge in [0, 0.05) is 57.4 Å². The lowest BCUT2D eigenvalue weighted by Crippen LogP contribution is -1.96. The molecule has 0 unspecified atom stereocenters.